The van der Waals surface area contributed by atoms with Gasteiger partial charge in [0.2, 0.25) is 0 Å². The number of carboxylic acid groups (broad SMARTS) is 2. The van der Waals surface area contributed by atoms with Crippen LogP contribution >= 0.6 is 0 Å². The Morgan fingerprint density at radius 1 is 0.667 bits per heavy atom. The van der Waals surface area contributed by atoms with Crippen LogP contribution in [0.4, 0.5) is 30.7 Å². The average Bonchev–Trinajstić information content (AvgIpc) is 3.03. The summed E-state index contributed by atoms with van der Waals surface area (Å²) in [6.07, 6.45) is -4.43. The average molecular weight is 675 g/mol. The molecule has 0 saturated heterocycles. The third-order valence-corrected chi connectivity index (χ3v) is 7.57. The normalized spacial score (nSPS) is 12.1. The first kappa shape index (κ1) is 35.7. The number of allylic oxidation sites excluding steroid dienone is 1. The smallest absolute Gasteiger partial charge is 0.416 e. The lowest BCUT2D eigenvalue weighted by Gasteiger charge is -2.16. The van der Waals surface area contributed by atoms with Crippen molar-refractivity contribution in [2.45, 2.75) is 44.6 Å². The number of hydrogen-bond acceptors (Lipinski definition) is 3. The van der Waals surface area contributed by atoms with Crippen LogP contribution in [0.1, 0.15) is 66.9 Å². The minimum atomic E-state index is -5.02. The van der Waals surface area contributed by atoms with E-state index in [1.807, 2.05) is 0 Å². The predicted molar refractivity (Wildman–Crippen MR) is 163 cm³/mol. The van der Waals surface area contributed by atoms with Gasteiger partial charge in [-0.1, -0.05) is 36.4 Å². The standard InChI is InChI=1S/C36H29F7O5/c37-31-15-16-32(48-21-25-17-29(35(38,39)40)20-30(18-25)36(41,42)43)28(19-31)14-9-22(1-3-23-5-10-26(11-6-23)33(44)45)2-4-24-7-12-27(13-8-24)34(46)47/h5-20,22H,1-4,21H2,(H,44,45)(H,46,47). The summed E-state index contributed by atoms with van der Waals surface area (Å²) in [5.41, 5.74) is -1.11. The number of ether oxygens (including phenoxy) is 1. The number of benzene rings is 4. The zero-order valence-electron chi connectivity index (χ0n) is 25.1. The highest BCUT2D eigenvalue weighted by Crippen LogP contribution is 2.37. The molecule has 0 amide bonds. The number of carboxylic acids is 2. The highest BCUT2D eigenvalue weighted by Gasteiger charge is 2.37. The van der Waals surface area contributed by atoms with Crippen LogP contribution in [-0.2, 0) is 31.8 Å². The van der Waals surface area contributed by atoms with Gasteiger partial charge in [-0.05, 0) is 109 Å². The Bertz CT molecular complexity index is 1670. The molecule has 12 heteroatoms. The summed E-state index contributed by atoms with van der Waals surface area (Å²) in [7, 11) is 0. The molecule has 252 valence electrons. The van der Waals surface area contributed by atoms with Gasteiger partial charge in [0.1, 0.15) is 18.2 Å². The lowest BCUT2D eigenvalue weighted by Crippen LogP contribution is -2.12. The van der Waals surface area contributed by atoms with Crippen molar-refractivity contribution in [1.82, 2.24) is 0 Å². The maximum Gasteiger partial charge on any atom is 0.416 e. The van der Waals surface area contributed by atoms with Gasteiger partial charge in [-0.25, -0.2) is 14.0 Å². The van der Waals surface area contributed by atoms with Crippen LogP contribution in [0, 0.1) is 11.7 Å². The zero-order valence-corrected chi connectivity index (χ0v) is 25.1. The molecule has 0 saturated carbocycles. The number of aromatic carboxylic acids is 2. The lowest BCUT2D eigenvalue weighted by atomic mass is 9.91. The number of halogens is 7. The Morgan fingerprint density at radius 3 is 1.58 bits per heavy atom. The second-order valence-corrected chi connectivity index (χ2v) is 11.1. The Kier molecular flexibility index (Phi) is 11.3. The summed E-state index contributed by atoms with van der Waals surface area (Å²) in [6, 6.07) is 17.3. The zero-order chi connectivity index (χ0) is 35.1. The molecule has 0 aromatic heterocycles. The van der Waals surface area contributed by atoms with Gasteiger partial charge in [0.15, 0.2) is 0 Å². The molecule has 0 heterocycles. The van der Waals surface area contributed by atoms with Crippen molar-refractivity contribution in [3.63, 3.8) is 0 Å². The molecule has 4 rings (SSSR count). The largest absolute Gasteiger partial charge is 0.488 e. The molecular formula is C36H29F7O5. The van der Waals surface area contributed by atoms with Crippen LogP contribution in [0.25, 0.3) is 6.08 Å². The molecule has 4 aromatic rings. The van der Waals surface area contributed by atoms with Crippen molar-refractivity contribution in [2.24, 2.45) is 5.92 Å². The number of aryl methyl sites for hydroxylation is 2. The molecule has 0 atom stereocenters. The predicted octanol–water partition coefficient (Wildman–Crippen LogP) is 9.73. The van der Waals surface area contributed by atoms with Crippen molar-refractivity contribution in [2.75, 3.05) is 0 Å². The molecule has 4 aromatic carbocycles. The van der Waals surface area contributed by atoms with Crippen LogP contribution < -0.4 is 4.74 Å². The summed E-state index contributed by atoms with van der Waals surface area (Å²) in [6.45, 7) is -0.651. The van der Waals surface area contributed by atoms with E-state index in [4.69, 9.17) is 14.9 Å². The minimum Gasteiger partial charge on any atom is -0.488 e. The Balaban J connectivity index is 1.56. The Labute approximate surface area is 270 Å². The van der Waals surface area contributed by atoms with Crippen LogP contribution in [0.5, 0.6) is 5.75 Å². The first-order valence-corrected chi connectivity index (χ1v) is 14.6. The highest BCUT2D eigenvalue weighted by atomic mass is 19.4. The first-order valence-electron chi connectivity index (χ1n) is 14.6. The van der Waals surface area contributed by atoms with Crippen LogP contribution in [0.3, 0.4) is 0 Å². The maximum atomic E-state index is 14.3. The first-order chi connectivity index (χ1) is 22.6. The molecule has 0 aliphatic heterocycles. The number of alkyl halides is 6. The second kappa shape index (κ2) is 15.2. The third kappa shape index (κ3) is 10.2. The van der Waals surface area contributed by atoms with Gasteiger partial charge in [0.25, 0.3) is 0 Å². The third-order valence-electron chi connectivity index (χ3n) is 7.57. The fourth-order valence-electron chi connectivity index (χ4n) is 4.95. The molecule has 0 fully saturated rings. The molecule has 0 aliphatic carbocycles. The fraction of sp³-hybridized carbons (Fsp3) is 0.222. The van der Waals surface area contributed by atoms with E-state index >= 15 is 0 Å². The van der Waals surface area contributed by atoms with Crippen LogP contribution in [0.15, 0.2) is 91.0 Å². The molecule has 0 radical (unpaired) electrons. The molecule has 0 spiro atoms. The maximum absolute atomic E-state index is 14.3. The summed E-state index contributed by atoms with van der Waals surface area (Å²) in [5, 5.41) is 18.3. The van der Waals surface area contributed by atoms with E-state index in [9.17, 15) is 40.3 Å². The minimum absolute atomic E-state index is 0.0245. The van der Waals surface area contributed by atoms with Crippen LogP contribution in [-0.4, -0.2) is 22.2 Å². The van der Waals surface area contributed by atoms with Crippen LogP contribution in [0.2, 0.25) is 0 Å². The molecule has 48 heavy (non-hydrogen) atoms. The van der Waals surface area contributed by atoms with E-state index in [1.165, 1.54) is 30.3 Å². The Hall–Kier alpha value is -5.13. The van der Waals surface area contributed by atoms with Crippen molar-refractivity contribution >= 4 is 18.0 Å². The van der Waals surface area contributed by atoms with Gasteiger partial charge in [-0.15, -0.1) is 0 Å². The molecule has 2 N–H and O–H groups in total. The summed E-state index contributed by atoms with van der Waals surface area (Å²) in [5.74, 6) is -2.87. The SMILES string of the molecule is O=C(O)c1ccc(CCC(C=Cc2cc(F)ccc2OCc2cc(C(F)(F)F)cc(C(F)(F)F)c2)CCc2ccc(C(=O)O)cc2)cc1. The molecule has 0 bridgehead atoms. The van der Waals surface area contributed by atoms with Crippen molar-refractivity contribution in [3.8, 4) is 5.75 Å². The second-order valence-electron chi connectivity index (χ2n) is 11.1. The van der Waals surface area contributed by atoms with Gasteiger partial charge in [-0.3, -0.25) is 0 Å². The lowest BCUT2D eigenvalue weighted by molar-refractivity contribution is -0.143. The number of hydrogen-bond donors (Lipinski definition) is 2. The van der Waals surface area contributed by atoms with E-state index in [0.29, 0.717) is 37.8 Å². The van der Waals surface area contributed by atoms with Gasteiger partial charge < -0.3 is 14.9 Å². The monoisotopic (exact) mass is 674 g/mol. The molecule has 0 unspecified atom stereocenters. The van der Waals surface area contributed by atoms with Gasteiger partial charge >= 0.3 is 24.3 Å². The Morgan fingerprint density at radius 2 is 1.15 bits per heavy atom. The van der Waals surface area contributed by atoms with E-state index in [2.05, 4.69) is 0 Å². The van der Waals surface area contributed by atoms with E-state index in [-0.39, 0.29) is 40.0 Å². The van der Waals surface area contributed by atoms with Crippen molar-refractivity contribution < 1.29 is 55.3 Å². The van der Waals surface area contributed by atoms with E-state index < -0.39 is 47.8 Å². The van der Waals surface area contributed by atoms with E-state index in [0.717, 1.165) is 23.3 Å². The van der Waals surface area contributed by atoms with Gasteiger partial charge in [0.05, 0.1) is 22.3 Å². The summed E-state index contributed by atoms with van der Waals surface area (Å²) >= 11 is 0. The highest BCUT2D eigenvalue weighted by molar-refractivity contribution is 5.88. The topological polar surface area (TPSA) is 83.8 Å². The summed E-state index contributed by atoms with van der Waals surface area (Å²) in [4.78, 5) is 22.4. The van der Waals surface area contributed by atoms with E-state index in [1.54, 1.807) is 36.4 Å². The summed E-state index contributed by atoms with van der Waals surface area (Å²) < 4.78 is 99.8. The fourth-order valence-corrected chi connectivity index (χ4v) is 4.95. The number of rotatable bonds is 13. The molecule has 0 aliphatic rings. The van der Waals surface area contributed by atoms with Gasteiger partial charge in [0, 0.05) is 5.56 Å². The quantitative estimate of drug-likeness (QED) is 0.138. The van der Waals surface area contributed by atoms with Gasteiger partial charge in [-0.2, -0.15) is 26.3 Å². The molecule has 5 nitrogen and oxygen atoms in total. The van der Waals surface area contributed by atoms with Crippen molar-refractivity contribution in [3.05, 3.63) is 141 Å². The number of carbonyl (C=O) groups is 2. The molecular weight excluding hydrogens is 645 g/mol. The van der Waals surface area contributed by atoms with Crippen molar-refractivity contribution in [1.29, 1.82) is 0 Å².